The Labute approximate surface area is 62.6 Å². The van der Waals surface area contributed by atoms with Gasteiger partial charge in [-0.05, 0) is 22.2 Å². The number of rotatable bonds is 0. The molecule has 10 heavy (non-hydrogen) atoms. The van der Waals surface area contributed by atoms with Gasteiger partial charge >= 0.3 is 6.03 Å². The van der Waals surface area contributed by atoms with Crippen LogP contribution in [0, 0.1) is 0 Å². The van der Waals surface area contributed by atoms with Gasteiger partial charge in [0.2, 0.25) is 0 Å². The predicted octanol–water partition coefficient (Wildman–Crippen LogP) is 0.677. The molecule has 0 radical (unpaired) electrons. The van der Waals surface area contributed by atoms with Crippen LogP contribution in [0.3, 0.4) is 0 Å². The maximum absolute atomic E-state index is 11.2. The van der Waals surface area contributed by atoms with Crippen LogP contribution in [-0.4, -0.2) is 34.7 Å². The van der Waals surface area contributed by atoms with Crippen LogP contribution in [-0.2, 0) is 0 Å². The minimum Gasteiger partial charge on any atom is -0.322 e. The number of amides is 2. The van der Waals surface area contributed by atoms with E-state index < -0.39 is 0 Å². The topological polar surface area (TPSA) is 23.6 Å². The molecule has 3 nitrogen and oxygen atoms in total. The van der Waals surface area contributed by atoms with Crippen molar-refractivity contribution < 1.29 is 4.79 Å². The lowest BCUT2D eigenvalue weighted by atomic mass is 10.1. The molecule has 0 aromatic rings. The molecule has 2 saturated heterocycles. The zero-order valence-corrected chi connectivity index (χ0v) is 6.94. The van der Waals surface area contributed by atoms with Crippen molar-refractivity contribution in [3.05, 3.63) is 0 Å². The van der Waals surface area contributed by atoms with Crippen molar-refractivity contribution in [2.45, 2.75) is 18.9 Å². The van der Waals surface area contributed by atoms with Gasteiger partial charge in [0.25, 0.3) is 0 Å². The summed E-state index contributed by atoms with van der Waals surface area (Å²) >= 11 is 0. The number of piperidine rings is 1. The standard InChI is InChI=1S/C6H11N2OP/c9-6-7-3-1-2-5(4-7)8(6)10/h5H,1-4,10H2. The highest BCUT2D eigenvalue weighted by atomic mass is 31.0. The fourth-order valence-electron chi connectivity index (χ4n) is 1.68. The third kappa shape index (κ3) is 0.734. The first-order chi connectivity index (χ1) is 4.79. The molecule has 2 amide bonds. The molecule has 0 saturated carbocycles. The van der Waals surface area contributed by atoms with E-state index >= 15 is 0 Å². The second-order valence-electron chi connectivity index (χ2n) is 2.93. The third-order valence-electron chi connectivity index (χ3n) is 2.28. The van der Waals surface area contributed by atoms with Gasteiger partial charge in [0, 0.05) is 13.1 Å². The maximum Gasteiger partial charge on any atom is 0.323 e. The second kappa shape index (κ2) is 2.09. The maximum atomic E-state index is 11.2. The lowest BCUT2D eigenvalue weighted by molar-refractivity contribution is 0.209. The lowest BCUT2D eigenvalue weighted by Gasteiger charge is -2.19. The Balaban J connectivity index is 2.21. The smallest absolute Gasteiger partial charge is 0.322 e. The number of carbonyl (C=O) groups excluding carboxylic acids is 1. The average Bonchev–Trinajstić information content (AvgIpc) is 2.17. The van der Waals surface area contributed by atoms with E-state index in [2.05, 4.69) is 9.39 Å². The Morgan fingerprint density at radius 2 is 2.40 bits per heavy atom. The van der Waals surface area contributed by atoms with Gasteiger partial charge in [0.05, 0.1) is 6.04 Å². The van der Waals surface area contributed by atoms with Gasteiger partial charge in [-0.25, -0.2) is 4.79 Å². The molecule has 2 rings (SSSR count). The van der Waals surface area contributed by atoms with Crippen molar-refractivity contribution in [3.63, 3.8) is 0 Å². The number of hydrogen-bond donors (Lipinski definition) is 0. The zero-order chi connectivity index (χ0) is 7.14. The van der Waals surface area contributed by atoms with Crippen molar-refractivity contribution in [2.24, 2.45) is 0 Å². The number of carbonyl (C=O) groups is 1. The van der Waals surface area contributed by atoms with Crippen LogP contribution in [0.25, 0.3) is 0 Å². The Kier molecular flexibility index (Phi) is 1.34. The molecule has 2 aliphatic heterocycles. The highest BCUT2D eigenvalue weighted by Crippen LogP contribution is 2.27. The molecule has 0 aliphatic carbocycles. The number of urea groups is 1. The molecule has 0 N–H and O–H groups in total. The first kappa shape index (κ1) is 6.41. The first-order valence-electron chi connectivity index (χ1n) is 3.62. The van der Waals surface area contributed by atoms with E-state index in [0.29, 0.717) is 6.04 Å². The van der Waals surface area contributed by atoms with Crippen LogP contribution >= 0.6 is 9.39 Å². The minimum absolute atomic E-state index is 0.188. The molecule has 0 aromatic heterocycles. The molecule has 2 atom stereocenters. The van der Waals surface area contributed by atoms with Gasteiger partial charge in [-0.2, -0.15) is 0 Å². The summed E-state index contributed by atoms with van der Waals surface area (Å²) in [5.74, 6) is 0. The van der Waals surface area contributed by atoms with Gasteiger partial charge in [0.15, 0.2) is 0 Å². The van der Waals surface area contributed by atoms with Gasteiger partial charge < -0.3 is 9.57 Å². The zero-order valence-electron chi connectivity index (χ0n) is 5.79. The van der Waals surface area contributed by atoms with Crippen LogP contribution in [0.5, 0.6) is 0 Å². The largest absolute Gasteiger partial charge is 0.323 e. The normalized spacial score (nSPS) is 31.7. The van der Waals surface area contributed by atoms with E-state index in [1.165, 1.54) is 12.8 Å². The molecular formula is C6H11N2OP. The molecule has 2 heterocycles. The van der Waals surface area contributed by atoms with Crippen molar-refractivity contribution in [3.8, 4) is 0 Å². The van der Waals surface area contributed by atoms with E-state index in [-0.39, 0.29) is 6.03 Å². The summed E-state index contributed by atoms with van der Waals surface area (Å²) in [6.45, 7) is 1.91. The highest BCUT2D eigenvalue weighted by molar-refractivity contribution is 7.14. The summed E-state index contributed by atoms with van der Waals surface area (Å²) in [5.41, 5.74) is 0. The van der Waals surface area contributed by atoms with Crippen LogP contribution in [0.15, 0.2) is 0 Å². The molecule has 56 valence electrons. The van der Waals surface area contributed by atoms with Crippen molar-refractivity contribution in [1.82, 2.24) is 9.57 Å². The van der Waals surface area contributed by atoms with E-state index in [1.807, 2.05) is 4.90 Å². The SMILES string of the molecule is O=C1N2CCCC(C2)N1P. The molecule has 4 heteroatoms. The van der Waals surface area contributed by atoms with E-state index in [9.17, 15) is 4.79 Å². The monoisotopic (exact) mass is 158 g/mol. The highest BCUT2D eigenvalue weighted by Gasteiger charge is 2.37. The Morgan fingerprint density at radius 1 is 1.60 bits per heavy atom. The lowest BCUT2D eigenvalue weighted by Crippen LogP contribution is -2.30. The number of nitrogens with zero attached hydrogens (tertiary/aromatic N) is 2. The van der Waals surface area contributed by atoms with Crippen molar-refractivity contribution >= 4 is 15.4 Å². The van der Waals surface area contributed by atoms with E-state index in [4.69, 9.17) is 0 Å². The summed E-state index contributed by atoms with van der Waals surface area (Å²) in [5, 5.41) is 0. The van der Waals surface area contributed by atoms with Crippen LogP contribution in [0.2, 0.25) is 0 Å². The molecule has 2 bridgehead atoms. The van der Waals surface area contributed by atoms with Gasteiger partial charge in [0.1, 0.15) is 0 Å². The predicted molar refractivity (Wildman–Crippen MR) is 41.5 cm³/mol. The van der Waals surface area contributed by atoms with Crippen LogP contribution < -0.4 is 0 Å². The molecule has 0 spiro atoms. The Morgan fingerprint density at radius 3 is 3.00 bits per heavy atom. The van der Waals surface area contributed by atoms with Crippen LogP contribution in [0.4, 0.5) is 4.79 Å². The molecule has 2 unspecified atom stereocenters. The first-order valence-corrected chi connectivity index (χ1v) is 4.13. The quantitative estimate of drug-likeness (QED) is 0.475. The summed E-state index contributed by atoms with van der Waals surface area (Å²) in [4.78, 5) is 13.1. The fraction of sp³-hybridized carbons (Fsp3) is 0.833. The third-order valence-corrected chi connectivity index (χ3v) is 2.92. The summed E-state index contributed by atoms with van der Waals surface area (Å²) < 4.78 is 1.78. The van der Waals surface area contributed by atoms with Gasteiger partial charge in [-0.1, -0.05) is 0 Å². The summed E-state index contributed by atoms with van der Waals surface area (Å²) in [7, 11) is 2.50. The Bertz CT molecular complexity index is 169. The van der Waals surface area contributed by atoms with Crippen molar-refractivity contribution in [2.75, 3.05) is 13.1 Å². The molecule has 0 aromatic carbocycles. The average molecular weight is 158 g/mol. The number of hydrogen-bond acceptors (Lipinski definition) is 1. The molecular weight excluding hydrogens is 147 g/mol. The van der Waals surface area contributed by atoms with E-state index in [0.717, 1.165) is 13.1 Å². The molecule has 2 aliphatic rings. The van der Waals surface area contributed by atoms with Crippen LogP contribution in [0.1, 0.15) is 12.8 Å². The summed E-state index contributed by atoms with van der Waals surface area (Å²) in [6.07, 6.45) is 2.34. The van der Waals surface area contributed by atoms with E-state index in [1.54, 1.807) is 4.67 Å². The minimum atomic E-state index is 0.188. The van der Waals surface area contributed by atoms with Crippen molar-refractivity contribution in [1.29, 1.82) is 0 Å². The summed E-state index contributed by atoms with van der Waals surface area (Å²) in [6, 6.07) is 0.666. The molecule has 2 fully saturated rings. The van der Waals surface area contributed by atoms with Gasteiger partial charge in [-0.3, -0.25) is 0 Å². The Hall–Kier alpha value is -0.300. The number of fused-ring (bicyclic) bond motifs is 2. The second-order valence-corrected chi connectivity index (χ2v) is 3.49. The fourth-order valence-corrected chi connectivity index (χ4v) is 2.08. The van der Waals surface area contributed by atoms with Gasteiger partial charge in [-0.15, -0.1) is 0 Å².